The van der Waals surface area contributed by atoms with Crippen LogP contribution >= 0.6 is 0 Å². The van der Waals surface area contributed by atoms with Gasteiger partial charge in [-0.3, -0.25) is 20.2 Å². The molecule has 22 heavy (non-hydrogen) atoms. The van der Waals surface area contributed by atoms with Crippen LogP contribution in [-0.2, 0) is 0 Å². The number of hydrogen-bond donors (Lipinski definition) is 0. The van der Waals surface area contributed by atoms with Crippen molar-refractivity contribution in [3.05, 3.63) is 38.4 Å². The molecular formula is C15H19N3O4. The van der Waals surface area contributed by atoms with Gasteiger partial charge >= 0.3 is 0 Å². The predicted octanol–water partition coefficient (Wildman–Crippen LogP) is 3.66. The summed E-state index contributed by atoms with van der Waals surface area (Å²) in [5.41, 5.74) is 0.534. The second-order valence-electron chi connectivity index (χ2n) is 6.38. The number of nitrogens with zero attached hydrogens (tertiary/aromatic N) is 3. The highest BCUT2D eigenvalue weighted by molar-refractivity contribution is 5.67. The molecule has 0 radical (unpaired) electrons. The van der Waals surface area contributed by atoms with Crippen LogP contribution in [0.4, 0.5) is 17.1 Å². The first kappa shape index (κ1) is 14.7. The van der Waals surface area contributed by atoms with Gasteiger partial charge in [-0.05, 0) is 37.2 Å². The van der Waals surface area contributed by atoms with Crippen molar-refractivity contribution < 1.29 is 9.85 Å². The number of anilines is 1. The number of hydrogen-bond acceptors (Lipinski definition) is 5. The Morgan fingerprint density at radius 2 is 1.59 bits per heavy atom. The summed E-state index contributed by atoms with van der Waals surface area (Å²) in [5, 5.41) is 22.0. The standard InChI is InChI=1S/C15H19N3O4/c19-17(20)12-3-4-13(14(11-12)18(21)22)16-9-7-15(8-10-16)5-1-2-6-15/h3-4,11H,1-2,5-10H2. The number of nitro benzene ring substituents is 2. The molecule has 2 fully saturated rings. The second-order valence-corrected chi connectivity index (χ2v) is 6.38. The van der Waals surface area contributed by atoms with E-state index in [1.807, 2.05) is 4.90 Å². The summed E-state index contributed by atoms with van der Waals surface area (Å²) in [7, 11) is 0. The number of nitro groups is 2. The van der Waals surface area contributed by atoms with Crippen LogP contribution in [0.25, 0.3) is 0 Å². The van der Waals surface area contributed by atoms with Crippen LogP contribution in [0.5, 0.6) is 0 Å². The molecule has 1 aromatic carbocycles. The lowest BCUT2D eigenvalue weighted by molar-refractivity contribution is -0.393. The van der Waals surface area contributed by atoms with E-state index >= 15 is 0 Å². The fourth-order valence-electron chi connectivity index (χ4n) is 3.89. The van der Waals surface area contributed by atoms with Crippen LogP contribution in [0.15, 0.2) is 18.2 Å². The summed E-state index contributed by atoms with van der Waals surface area (Å²) in [5.74, 6) is 0. The molecule has 0 aromatic heterocycles. The molecule has 0 atom stereocenters. The lowest BCUT2D eigenvalue weighted by atomic mass is 9.77. The van der Waals surface area contributed by atoms with E-state index in [1.54, 1.807) is 0 Å². The molecule has 1 aromatic rings. The molecule has 0 unspecified atom stereocenters. The number of rotatable bonds is 3. The SMILES string of the molecule is O=[N+]([O-])c1ccc(N2CCC3(CCCC3)CC2)c([N+](=O)[O-])c1. The molecule has 1 saturated heterocycles. The molecule has 1 aliphatic heterocycles. The fourth-order valence-corrected chi connectivity index (χ4v) is 3.89. The van der Waals surface area contributed by atoms with E-state index < -0.39 is 9.85 Å². The van der Waals surface area contributed by atoms with Crippen molar-refractivity contribution in [3.8, 4) is 0 Å². The van der Waals surface area contributed by atoms with Gasteiger partial charge in [0.05, 0.1) is 15.9 Å². The quantitative estimate of drug-likeness (QED) is 0.628. The topological polar surface area (TPSA) is 89.5 Å². The third kappa shape index (κ3) is 2.63. The first-order valence-corrected chi connectivity index (χ1v) is 7.69. The highest BCUT2D eigenvalue weighted by Gasteiger charge is 2.38. The Labute approximate surface area is 128 Å². The monoisotopic (exact) mass is 305 g/mol. The predicted molar refractivity (Wildman–Crippen MR) is 82.1 cm³/mol. The molecule has 1 heterocycles. The summed E-state index contributed by atoms with van der Waals surface area (Å²) in [6.07, 6.45) is 7.23. The minimum atomic E-state index is -0.597. The van der Waals surface area contributed by atoms with Crippen LogP contribution in [-0.4, -0.2) is 22.9 Å². The average molecular weight is 305 g/mol. The molecule has 0 amide bonds. The van der Waals surface area contributed by atoms with Crippen LogP contribution < -0.4 is 4.90 Å². The van der Waals surface area contributed by atoms with E-state index in [0.29, 0.717) is 11.1 Å². The first-order valence-electron chi connectivity index (χ1n) is 7.69. The summed E-state index contributed by atoms with van der Waals surface area (Å²) >= 11 is 0. The minimum absolute atomic E-state index is 0.170. The maximum atomic E-state index is 11.2. The van der Waals surface area contributed by atoms with Crippen LogP contribution in [0.3, 0.4) is 0 Å². The van der Waals surface area contributed by atoms with E-state index in [9.17, 15) is 20.2 Å². The van der Waals surface area contributed by atoms with Crippen molar-refractivity contribution in [2.45, 2.75) is 38.5 Å². The number of piperidine rings is 1. The van der Waals surface area contributed by atoms with Crippen molar-refractivity contribution in [1.82, 2.24) is 0 Å². The summed E-state index contributed by atoms with van der Waals surface area (Å²) in [6, 6.07) is 3.93. The maximum Gasteiger partial charge on any atom is 0.299 e. The molecule has 2 aliphatic rings. The summed E-state index contributed by atoms with van der Waals surface area (Å²) in [6.45, 7) is 1.58. The van der Waals surface area contributed by atoms with Crippen molar-refractivity contribution in [3.63, 3.8) is 0 Å². The Kier molecular flexibility index (Phi) is 3.72. The second kappa shape index (κ2) is 5.55. The van der Waals surface area contributed by atoms with Gasteiger partial charge in [0.2, 0.25) is 0 Å². The van der Waals surface area contributed by atoms with Gasteiger partial charge in [-0.1, -0.05) is 12.8 Å². The van der Waals surface area contributed by atoms with Gasteiger partial charge in [0.1, 0.15) is 5.69 Å². The minimum Gasteiger partial charge on any atom is -0.366 e. The zero-order valence-corrected chi connectivity index (χ0v) is 12.4. The average Bonchev–Trinajstić information content (AvgIpc) is 2.95. The highest BCUT2D eigenvalue weighted by atomic mass is 16.6. The highest BCUT2D eigenvalue weighted by Crippen LogP contribution is 2.47. The Balaban J connectivity index is 1.83. The van der Waals surface area contributed by atoms with E-state index in [0.717, 1.165) is 32.0 Å². The van der Waals surface area contributed by atoms with Crippen molar-refractivity contribution >= 4 is 17.1 Å². The van der Waals surface area contributed by atoms with Crippen LogP contribution in [0.2, 0.25) is 0 Å². The third-order valence-corrected chi connectivity index (χ3v) is 5.20. The fraction of sp³-hybridized carbons (Fsp3) is 0.600. The molecule has 0 bridgehead atoms. The first-order chi connectivity index (χ1) is 10.5. The van der Waals surface area contributed by atoms with Gasteiger partial charge in [-0.25, -0.2) is 0 Å². The molecule has 3 rings (SSSR count). The van der Waals surface area contributed by atoms with E-state index in [4.69, 9.17) is 0 Å². The maximum absolute atomic E-state index is 11.2. The largest absolute Gasteiger partial charge is 0.366 e. The molecule has 1 saturated carbocycles. The van der Waals surface area contributed by atoms with Gasteiger partial charge in [0, 0.05) is 19.2 Å². The smallest absolute Gasteiger partial charge is 0.299 e. The van der Waals surface area contributed by atoms with E-state index in [1.165, 1.54) is 37.8 Å². The van der Waals surface area contributed by atoms with Gasteiger partial charge in [0.15, 0.2) is 0 Å². The van der Waals surface area contributed by atoms with Crippen molar-refractivity contribution in [1.29, 1.82) is 0 Å². The summed E-state index contributed by atoms with van der Waals surface area (Å²) < 4.78 is 0. The Hall–Kier alpha value is -2.18. The lowest BCUT2D eigenvalue weighted by Gasteiger charge is -2.40. The molecular weight excluding hydrogens is 286 g/mol. The van der Waals surface area contributed by atoms with Crippen molar-refractivity contribution in [2.75, 3.05) is 18.0 Å². The molecule has 7 nitrogen and oxygen atoms in total. The normalized spacial score (nSPS) is 20.3. The molecule has 1 aliphatic carbocycles. The molecule has 1 spiro atoms. The van der Waals surface area contributed by atoms with Crippen LogP contribution in [0, 0.1) is 25.6 Å². The summed E-state index contributed by atoms with van der Waals surface area (Å²) in [4.78, 5) is 22.9. The van der Waals surface area contributed by atoms with E-state index in [-0.39, 0.29) is 11.4 Å². The molecule has 118 valence electrons. The Morgan fingerprint density at radius 1 is 0.955 bits per heavy atom. The van der Waals surface area contributed by atoms with Gasteiger partial charge in [-0.15, -0.1) is 0 Å². The Bertz CT molecular complexity index is 601. The Morgan fingerprint density at radius 3 is 2.14 bits per heavy atom. The van der Waals surface area contributed by atoms with Gasteiger partial charge in [0.25, 0.3) is 11.4 Å². The zero-order valence-electron chi connectivity index (χ0n) is 12.4. The lowest BCUT2D eigenvalue weighted by Crippen LogP contribution is -2.39. The zero-order chi connectivity index (χ0) is 15.7. The van der Waals surface area contributed by atoms with Crippen LogP contribution in [0.1, 0.15) is 38.5 Å². The van der Waals surface area contributed by atoms with E-state index in [2.05, 4.69) is 0 Å². The van der Waals surface area contributed by atoms with Gasteiger partial charge < -0.3 is 4.90 Å². The van der Waals surface area contributed by atoms with Gasteiger partial charge in [-0.2, -0.15) is 0 Å². The third-order valence-electron chi connectivity index (χ3n) is 5.20. The molecule has 0 N–H and O–H groups in total. The molecule has 7 heteroatoms. The number of benzene rings is 1. The number of non-ortho nitro benzene ring substituents is 1. The van der Waals surface area contributed by atoms with Crippen molar-refractivity contribution in [2.24, 2.45) is 5.41 Å².